The first-order chi connectivity index (χ1) is 7.19. The zero-order valence-corrected chi connectivity index (χ0v) is 8.92. The third-order valence-corrected chi connectivity index (χ3v) is 1.97. The largest absolute Gasteiger partial charge is 0.465 e. The SMILES string of the molecule is COC(=O)c1cc(C=CCCl)ccc1F. The van der Waals surface area contributed by atoms with Crippen molar-refractivity contribution in [3.05, 3.63) is 41.2 Å². The number of benzene rings is 1. The molecule has 0 bridgehead atoms. The van der Waals surface area contributed by atoms with Crippen molar-refractivity contribution in [3.8, 4) is 0 Å². The molecule has 1 aromatic rings. The molecule has 0 aromatic heterocycles. The van der Waals surface area contributed by atoms with Gasteiger partial charge in [0, 0.05) is 5.88 Å². The fourth-order valence-electron chi connectivity index (χ4n) is 1.09. The second-order valence-corrected chi connectivity index (χ2v) is 3.10. The first-order valence-electron chi connectivity index (χ1n) is 4.29. The summed E-state index contributed by atoms with van der Waals surface area (Å²) in [5.74, 6) is -0.913. The molecule has 0 spiro atoms. The van der Waals surface area contributed by atoms with Gasteiger partial charge in [0.2, 0.25) is 0 Å². The maximum atomic E-state index is 13.2. The number of esters is 1. The van der Waals surface area contributed by atoms with Crippen LogP contribution in [0.4, 0.5) is 4.39 Å². The molecule has 1 rings (SSSR count). The summed E-state index contributed by atoms with van der Waals surface area (Å²) >= 11 is 5.46. The highest BCUT2D eigenvalue weighted by Crippen LogP contribution is 2.13. The molecule has 1 aromatic carbocycles. The highest BCUT2D eigenvalue weighted by molar-refractivity contribution is 6.19. The van der Waals surface area contributed by atoms with E-state index in [2.05, 4.69) is 4.74 Å². The van der Waals surface area contributed by atoms with Crippen molar-refractivity contribution in [2.75, 3.05) is 13.0 Å². The molecule has 0 saturated heterocycles. The normalized spacial score (nSPS) is 10.6. The van der Waals surface area contributed by atoms with Crippen LogP contribution in [0, 0.1) is 5.82 Å². The maximum Gasteiger partial charge on any atom is 0.340 e. The molecule has 0 radical (unpaired) electrons. The van der Waals surface area contributed by atoms with Crippen LogP contribution in [0.15, 0.2) is 24.3 Å². The maximum absolute atomic E-state index is 13.2. The molecule has 0 aliphatic heterocycles. The number of alkyl halides is 1. The zero-order valence-electron chi connectivity index (χ0n) is 8.17. The van der Waals surface area contributed by atoms with Crippen LogP contribution < -0.4 is 0 Å². The molecule has 2 nitrogen and oxygen atoms in total. The average Bonchev–Trinajstić information content (AvgIpc) is 2.27. The number of rotatable bonds is 3. The molecule has 0 aliphatic carbocycles. The highest BCUT2D eigenvalue weighted by Gasteiger charge is 2.11. The lowest BCUT2D eigenvalue weighted by atomic mass is 10.1. The van der Waals surface area contributed by atoms with Crippen LogP contribution >= 0.6 is 11.6 Å². The smallest absolute Gasteiger partial charge is 0.340 e. The lowest BCUT2D eigenvalue weighted by molar-refractivity contribution is 0.0595. The van der Waals surface area contributed by atoms with Crippen molar-refractivity contribution in [2.24, 2.45) is 0 Å². The molecular weight excluding hydrogens is 219 g/mol. The fourth-order valence-corrected chi connectivity index (χ4v) is 1.18. The van der Waals surface area contributed by atoms with Gasteiger partial charge in [0.15, 0.2) is 0 Å². The Labute approximate surface area is 92.3 Å². The van der Waals surface area contributed by atoms with Gasteiger partial charge in [-0.1, -0.05) is 18.2 Å². The van der Waals surface area contributed by atoms with Crippen LogP contribution in [0.1, 0.15) is 15.9 Å². The Morgan fingerprint density at radius 3 is 2.93 bits per heavy atom. The van der Waals surface area contributed by atoms with E-state index in [0.717, 1.165) is 0 Å². The minimum absolute atomic E-state index is 0.0748. The van der Waals surface area contributed by atoms with Crippen molar-refractivity contribution in [2.45, 2.75) is 0 Å². The van der Waals surface area contributed by atoms with Gasteiger partial charge in [0.05, 0.1) is 12.7 Å². The first kappa shape index (κ1) is 11.7. The molecule has 0 fully saturated rings. The Morgan fingerprint density at radius 1 is 1.60 bits per heavy atom. The Bertz CT molecular complexity index is 388. The van der Waals surface area contributed by atoms with Crippen molar-refractivity contribution < 1.29 is 13.9 Å². The summed E-state index contributed by atoms with van der Waals surface area (Å²) in [6.07, 6.45) is 3.41. The van der Waals surface area contributed by atoms with Gasteiger partial charge in [-0.25, -0.2) is 9.18 Å². The molecule has 4 heteroatoms. The summed E-state index contributed by atoms with van der Waals surface area (Å²) < 4.78 is 17.6. The van der Waals surface area contributed by atoms with Crippen LogP contribution in [0.2, 0.25) is 0 Å². The lowest BCUT2D eigenvalue weighted by Gasteiger charge is -2.02. The second kappa shape index (κ2) is 5.51. The second-order valence-electron chi connectivity index (χ2n) is 2.79. The van der Waals surface area contributed by atoms with E-state index in [4.69, 9.17) is 11.6 Å². The summed E-state index contributed by atoms with van der Waals surface area (Å²) in [6.45, 7) is 0. The molecule has 0 N–H and O–H groups in total. The Balaban J connectivity index is 3.05. The van der Waals surface area contributed by atoms with Gasteiger partial charge in [-0.15, -0.1) is 11.6 Å². The third kappa shape index (κ3) is 3.06. The topological polar surface area (TPSA) is 26.3 Å². The number of carbonyl (C=O) groups is 1. The van der Waals surface area contributed by atoms with Crippen LogP contribution in [-0.2, 0) is 4.74 Å². The molecule has 0 unspecified atom stereocenters. The van der Waals surface area contributed by atoms with Gasteiger partial charge in [-0.3, -0.25) is 0 Å². The van der Waals surface area contributed by atoms with Crippen LogP contribution in [-0.4, -0.2) is 19.0 Å². The molecule has 0 atom stereocenters. The number of halogens is 2. The minimum Gasteiger partial charge on any atom is -0.465 e. The summed E-state index contributed by atoms with van der Waals surface area (Å²) in [5, 5.41) is 0. The van der Waals surface area contributed by atoms with E-state index in [-0.39, 0.29) is 5.56 Å². The Hall–Kier alpha value is -1.35. The third-order valence-electron chi connectivity index (χ3n) is 1.80. The summed E-state index contributed by atoms with van der Waals surface area (Å²) in [5.41, 5.74) is 0.631. The Morgan fingerprint density at radius 2 is 2.33 bits per heavy atom. The van der Waals surface area contributed by atoms with E-state index in [9.17, 15) is 9.18 Å². The highest BCUT2D eigenvalue weighted by atomic mass is 35.5. The lowest BCUT2D eigenvalue weighted by Crippen LogP contribution is -2.04. The predicted octanol–water partition coefficient (Wildman–Crippen LogP) is 2.86. The molecule has 0 amide bonds. The van der Waals surface area contributed by atoms with Crippen molar-refractivity contribution in [1.82, 2.24) is 0 Å². The fraction of sp³-hybridized carbons (Fsp3) is 0.182. The van der Waals surface area contributed by atoms with E-state index in [1.807, 2.05) is 0 Å². The molecule has 0 heterocycles. The summed E-state index contributed by atoms with van der Waals surface area (Å²) in [4.78, 5) is 11.1. The van der Waals surface area contributed by atoms with Gasteiger partial charge in [-0.05, 0) is 17.7 Å². The molecule has 0 saturated carbocycles. The number of hydrogen-bond donors (Lipinski definition) is 0. The standard InChI is InChI=1S/C11H10ClFO2/c1-15-11(14)9-7-8(3-2-6-12)4-5-10(9)13/h2-5,7H,6H2,1H3. The van der Waals surface area contributed by atoms with Gasteiger partial charge in [-0.2, -0.15) is 0 Å². The monoisotopic (exact) mass is 228 g/mol. The van der Waals surface area contributed by atoms with E-state index < -0.39 is 11.8 Å². The number of methoxy groups -OCH3 is 1. The zero-order chi connectivity index (χ0) is 11.3. The molecular formula is C11H10ClFO2. The Kier molecular flexibility index (Phi) is 4.31. The van der Waals surface area contributed by atoms with Crippen molar-refractivity contribution in [3.63, 3.8) is 0 Å². The van der Waals surface area contributed by atoms with E-state index in [1.54, 1.807) is 18.2 Å². The van der Waals surface area contributed by atoms with Gasteiger partial charge in [0.1, 0.15) is 5.82 Å². The van der Waals surface area contributed by atoms with Crippen LogP contribution in [0.5, 0.6) is 0 Å². The quantitative estimate of drug-likeness (QED) is 0.587. The molecule has 80 valence electrons. The minimum atomic E-state index is -0.686. The number of hydrogen-bond acceptors (Lipinski definition) is 2. The van der Waals surface area contributed by atoms with Crippen molar-refractivity contribution >= 4 is 23.6 Å². The summed E-state index contributed by atoms with van der Waals surface area (Å²) in [7, 11) is 1.21. The van der Waals surface area contributed by atoms with E-state index in [1.165, 1.54) is 19.2 Å². The van der Waals surface area contributed by atoms with Crippen LogP contribution in [0.25, 0.3) is 6.08 Å². The number of allylic oxidation sites excluding steroid dienone is 1. The molecule has 15 heavy (non-hydrogen) atoms. The molecule has 0 aliphatic rings. The van der Waals surface area contributed by atoms with Gasteiger partial charge >= 0.3 is 5.97 Å². The van der Waals surface area contributed by atoms with E-state index >= 15 is 0 Å². The summed E-state index contributed by atoms with van der Waals surface area (Å²) in [6, 6.07) is 4.20. The predicted molar refractivity (Wildman–Crippen MR) is 57.5 cm³/mol. The van der Waals surface area contributed by atoms with Gasteiger partial charge < -0.3 is 4.74 Å². The number of carbonyl (C=O) groups excluding carboxylic acids is 1. The average molecular weight is 229 g/mol. The van der Waals surface area contributed by atoms with Gasteiger partial charge in [0.25, 0.3) is 0 Å². The number of ether oxygens (including phenoxy) is 1. The van der Waals surface area contributed by atoms with E-state index in [0.29, 0.717) is 11.4 Å². The van der Waals surface area contributed by atoms with Crippen molar-refractivity contribution in [1.29, 1.82) is 0 Å². The first-order valence-corrected chi connectivity index (χ1v) is 4.83. The van der Waals surface area contributed by atoms with Crippen LogP contribution in [0.3, 0.4) is 0 Å².